The van der Waals surface area contributed by atoms with Gasteiger partial charge < -0.3 is 10.3 Å². The van der Waals surface area contributed by atoms with Crippen LogP contribution in [0.2, 0.25) is 5.02 Å². The first-order valence-electron chi connectivity index (χ1n) is 7.85. The van der Waals surface area contributed by atoms with Crippen molar-refractivity contribution >= 4 is 23.3 Å². The van der Waals surface area contributed by atoms with E-state index < -0.39 is 0 Å². The molecule has 0 aliphatic carbocycles. The molecule has 126 valence electrons. The predicted molar refractivity (Wildman–Crippen MR) is 98.0 cm³/mol. The average molecular weight is 353 g/mol. The van der Waals surface area contributed by atoms with Crippen LogP contribution in [0.5, 0.6) is 0 Å². The molecule has 0 spiro atoms. The van der Waals surface area contributed by atoms with Crippen molar-refractivity contribution in [1.82, 2.24) is 10.3 Å². The molecule has 25 heavy (non-hydrogen) atoms. The molecule has 2 aromatic carbocycles. The number of carbonyl (C=O) groups is 2. The van der Waals surface area contributed by atoms with E-state index in [1.54, 1.807) is 18.2 Å². The van der Waals surface area contributed by atoms with E-state index in [-0.39, 0.29) is 17.7 Å². The minimum atomic E-state index is -0.324. The highest BCUT2D eigenvalue weighted by Crippen LogP contribution is 2.24. The van der Waals surface area contributed by atoms with Gasteiger partial charge in [-0.1, -0.05) is 54.1 Å². The van der Waals surface area contributed by atoms with Crippen molar-refractivity contribution in [3.05, 3.63) is 94.3 Å². The topological polar surface area (TPSA) is 62.0 Å². The normalized spacial score (nSPS) is 11.8. The Balaban J connectivity index is 1.90. The van der Waals surface area contributed by atoms with Gasteiger partial charge in [0.25, 0.3) is 5.91 Å². The Morgan fingerprint density at radius 2 is 1.64 bits per heavy atom. The summed E-state index contributed by atoms with van der Waals surface area (Å²) in [4.78, 5) is 26.9. The first-order chi connectivity index (χ1) is 12.0. The third kappa shape index (κ3) is 3.98. The minimum absolute atomic E-state index is 0.0902. The van der Waals surface area contributed by atoms with Gasteiger partial charge in [0.2, 0.25) is 0 Å². The van der Waals surface area contributed by atoms with E-state index >= 15 is 0 Å². The smallest absolute Gasteiger partial charge is 0.268 e. The van der Waals surface area contributed by atoms with Crippen LogP contribution >= 0.6 is 11.6 Å². The van der Waals surface area contributed by atoms with Crippen molar-refractivity contribution in [2.45, 2.75) is 13.0 Å². The van der Waals surface area contributed by atoms with Gasteiger partial charge in [-0.3, -0.25) is 9.59 Å². The van der Waals surface area contributed by atoms with Gasteiger partial charge in [0.05, 0.1) is 6.04 Å². The Bertz CT molecular complexity index is 886. The summed E-state index contributed by atoms with van der Waals surface area (Å²) in [5.41, 5.74) is 2.70. The Labute approximate surface area is 150 Å². The van der Waals surface area contributed by atoms with Gasteiger partial charge in [-0.25, -0.2) is 0 Å². The van der Waals surface area contributed by atoms with Gasteiger partial charge in [0.1, 0.15) is 5.69 Å². The van der Waals surface area contributed by atoms with Crippen LogP contribution in [0, 0.1) is 0 Å². The van der Waals surface area contributed by atoms with Crippen LogP contribution in [0.3, 0.4) is 0 Å². The molecule has 2 N–H and O–H groups in total. The van der Waals surface area contributed by atoms with Crippen molar-refractivity contribution in [2.75, 3.05) is 0 Å². The van der Waals surface area contributed by atoms with E-state index in [1.165, 1.54) is 13.1 Å². The SMILES string of the molecule is CC(=O)c1c[nH]c(C(=O)NC(c2ccccc2)c2ccc(Cl)cc2)c1. The summed E-state index contributed by atoms with van der Waals surface area (Å²) in [5.74, 6) is -0.371. The molecule has 3 rings (SSSR count). The Hall–Kier alpha value is -2.85. The van der Waals surface area contributed by atoms with Crippen LogP contribution in [0.15, 0.2) is 66.9 Å². The lowest BCUT2D eigenvalue weighted by atomic mass is 9.98. The third-order valence-electron chi connectivity index (χ3n) is 3.95. The molecular weight excluding hydrogens is 336 g/mol. The number of amides is 1. The average Bonchev–Trinajstić information content (AvgIpc) is 3.12. The number of aromatic nitrogens is 1. The summed E-state index contributed by atoms with van der Waals surface area (Å²) < 4.78 is 0. The van der Waals surface area contributed by atoms with E-state index in [1.807, 2.05) is 42.5 Å². The standard InChI is InChI=1S/C20H17ClN2O2/c1-13(24)16-11-18(22-12-16)20(25)23-19(14-5-3-2-4-6-14)15-7-9-17(21)10-8-15/h2-12,19,22H,1H3,(H,23,25). The lowest BCUT2D eigenvalue weighted by Crippen LogP contribution is -2.29. The number of halogens is 1. The number of H-pyrrole nitrogens is 1. The molecule has 1 heterocycles. The zero-order chi connectivity index (χ0) is 17.8. The molecule has 3 aromatic rings. The molecule has 0 saturated carbocycles. The molecule has 1 atom stereocenters. The van der Waals surface area contributed by atoms with Crippen LogP contribution in [0.4, 0.5) is 0 Å². The lowest BCUT2D eigenvalue weighted by molar-refractivity contribution is 0.0938. The highest BCUT2D eigenvalue weighted by molar-refractivity contribution is 6.30. The van der Waals surface area contributed by atoms with Crippen molar-refractivity contribution in [2.24, 2.45) is 0 Å². The van der Waals surface area contributed by atoms with Crippen LogP contribution in [-0.2, 0) is 0 Å². The van der Waals surface area contributed by atoms with E-state index in [2.05, 4.69) is 10.3 Å². The fourth-order valence-corrected chi connectivity index (χ4v) is 2.72. The molecule has 5 heteroatoms. The van der Waals surface area contributed by atoms with Crippen molar-refractivity contribution < 1.29 is 9.59 Å². The minimum Gasteiger partial charge on any atom is -0.356 e. The summed E-state index contributed by atoms with van der Waals surface area (Å²) in [5, 5.41) is 3.65. The van der Waals surface area contributed by atoms with Crippen LogP contribution in [0.25, 0.3) is 0 Å². The number of rotatable bonds is 5. The van der Waals surface area contributed by atoms with E-state index in [9.17, 15) is 9.59 Å². The number of ketones is 1. The molecule has 0 aliphatic rings. The molecular formula is C20H17ClN2O2. The highest BCUT2D eigenvalue weighted by Gasteiger charge is 2.19. The maximum absolute atomic E-state index is 12.6. The second-order valence-corrected chi connectivity index (χ2v) is 6.16. The quantitative estimate of drug-likeness (QED) is 0.669. The molecule has 1 amide bonds. The Morgan fingerprint density at radius 1 is 1.00 bits per heavy atom. The molecule has 0 aliphatic heterocycles. The molecule has 0 bridgehead atoms. The second-order valence-electron chi connectivity index (χ2n) is 5.73. The lowest BCUT2D eigenvalue weighted by Gasteiger charge is -2.19. The molecule has 0 saturated heterocycles. The first kappa shape index (κ1) is 17.0. The fourth-order valence-electron chi connectivity index (χ4n) is 2.60. The van der Waals surface area contributed by atoms with Crippen LogP contribution in [0.1, 0.15) is 44.9 Å². The third-order valence-corrected chi connectivity index (χ3v) is 4.20. The van der Waals surface area contributed by atoms with Crippen molar-refractivity contribution in [3.63, 3.8) is 0 Å². The van der Waals surface area contributed by atoms with Gasteiger partial charge >= 0.3 is 0 Å². The Kier molecular flexibility index (Phi) is 5.00. The molecule has 4 nitrogen and oxygen atoms in total. The zero-order valence-electron chi connectivity index (χ0n) is 13.6. The first-order valence-corrected chi connectivity index (χ1v) is 8.23. The van der Waals surface area contributed by atoms with Crippen molar-refractivity contribution in [1.29, 1.82) is 0 Å². The number of benzene rings is 2. The molecule has 1 unspecified atom stereocenters. The van der Waals surface area contributed by atoms with Gasteiger partial charge in [-0.15, -0.1) is 0 Å². The van der Waals surface area contributed by atoms with E-state index in [4.69, 9.17) is 11.6 Å². The van der Waals surface area contributed by atoms with Crippen LogP contribution in [-0.4, -0.2) is 16.7 Å². The summed E-state index contributed by atoms with van der Waals surface area (Å²) >= 11 is 5.97. The fraction of sp³-hybridized carbons (Fsp3) is 0.100. The number of aromatic amines is 1. The number of carbonyl (C=O) groups excluding carboxylic acids is 2. The summed E-state index contributed by atoms with van der Waals surface area (Å²) in [7, 11) is 0. The van der Waals surface area contributed by atoms with E-state index in [0.717, 1.165) is 11.1 Å². The molecule has 0 fully saturated rings. The van der Waals surface area contributed by atoms with Gasteiger partial charge in [-0.2, -0.15) is 0 Å². The number of nitrogens with one attached hydrogen (secondary N) is 2. The predicted octanol–water partition coefficient (Wildman–Crippen LogP) is 4.39. The van der Waals surface area contributed by atoms with Crippen LogP contribution < -0.4 is 5.32 Å². The molecule has 0 radical (unpaired) electrons. The maximum atomic E-state index is 12.6. The summed E-state index contributed by atoms with van der Waals surface area (Å²) in [6.45, 7) is 1.46. The van der Waals surface area contributed by atoms with E-state index in [0.29, 0.717) is 16.3 Å². The van der Waals surface area contributed by atoms with Gasteiger partial charge in [-0.05, 0) is 36.2 Å². The summed E-state index contributed by atoms with van der Waals surface area (Å²) in [6.07, 6.45) is 1.54. The largest absolute Gasteiger partial charge is 0.356 e. The number of hydrogen-bond acceptors (Lipinski definition) is 2. The monoisotopic (exact) mass is 352 g/mol. The highest BCUT2D eigenvalue weighted by atomic mass is 35.5. The number of Topliss-reactive ketones (excluding diaryl/α,β-unsaturated/α-hetero) is 1. The molecule has 1 aromatic heterocycles. The maximum Gasteiger partial charge on any atom is 0.268 e. The second kappa shape index (κ2) is 7.36. The van der Waals surface area contributed by atoms with Gasteiger partial charge in [0, 0.05) is 16.8 Å². The zero-order valence-corrected chi connectivity index (χ0v) is 14.4. The van der Waals surface area contributed by atoms with Crippen molar-refractivity contribution in [3.8, 4) is 0 Å². The van der Waals surface area contributed by atoms with Gasteiger partial charge in [0.15, 0.2) is 5.78 Å². The summed E-state index contributed by atoms with van der Waals surface area (Å²) in [6, 6.07) is 18.3. The Morgan fingerprint density at radius 3 is 2.24 bits per heavy atom. The number of hydrogen-bond donors (Lipinski definition) is 2.